The van der Waals surface area contributed by atoms with Crippen LogP contribution in [0.2, 0.25) is 0 Å². The van der Waals surface area contributed by atoms with Crippen molar-refractivity contribution < 1.29 is 24.2 Å². The van der Waals surface area contributed by atoms with E-state index in [1.807, 2.05) is 13.8 Å². The van der Waals surface area contributed by atoms with Crippen molar-refractivity contribution in [3.05, 3.63) is 18.2 Å². The van der Waals surface area contributed by atoms with Crippen molar-refractivity contribution in [2.24, 2.45) is 11.8 Å². The lowest BCUT2D eigenvalue weighted by atomic mass is 9.98. The minimum Gasteiger partial charge on any atom is -0.497 e. The van der Waals surface area contributed by atoms with Gasteiger partial charge in [-0.05, 0) is 18.1 Å². The SMILES string of the molecule is CC[C@H](C)[C@H](CO)NC(=O)[C@H]1CC(=O)N(c2ccc(OC)cc2OC)C1. The number of methoxy groups -OCH3 is 2. The molecule has 2 rings (SSSR count). The number of carbonyl (C=O) groups excluding carboxylic acids is 2. The molecule has 1 aliphatic rings. The second-order valence-corrected chi connectivity index (χ2v) is 6.63. The molecule has 26 heavy (non-hydrogen) atoms. The Bertz CT molecular complexity index is 649. The van der Waals surface area contributed by atoms with E-state index < -0.39 is 5.92 Å². The van der Waals surface area contributed by atoms with Crippen molar-refractivity contribution in [2.75, 3.05) is 32.3 Å². The molecule has 2 N–H and O–H groups in total. The average Bonchev–Trinajstić information content (AvgIpc) is 3.06. The molecule has 0 aliphatic carbocycles. The minimum absolute atomic E-state index is 0.114. The number of ether oxygens (including phenoxy) is 2. The van der Waals surface area contributed by atoms with Gasteiger partial charge in [-0.1, -0.05) is 20.3 Å². The third-order valence-electron chi connectivity index (χ3n) is 5.03. The fraction of sp³-hybridized carbons (Fsp3) is 0.579. The van der Waals surface area contributed by atoms with Crippen molar-refractivity contribution in [1.82, 2.24) is 5.32 Å². The molecule has 0 unspecified atom stereocenters. The van der Waals surface area contributed by atoms with Crippen LogP contribution >= 0.6 is 0 Å². The van der Waals surface area contributed by atoms with E-state index in [1.54, 1.807) is 30.2 Å². The normalized spacial score (nSPS) is 19.2. The summed E-state index contributed by atoms with van der Waals surface area (Å²) < 4.78 is 10.5. The van der Waals surface area contributed by atoms with E-state index in [1.165, 1.54) is 7.11 Å². The maximum atomic E-state index is 12.6. The van der Waals surface area contributed by atoms with Crippen molar-refractivity contribution >= 4 is 17.5 Å². The summed E-state index contributed by atoms with van der Waals surface area (Å²) in [5, 5.41) is 12.4. The molecule has 1 aromatic rings. The fourth-order valence-electron chi connectivity index (χ4n) is 3.08. The van der Waals surface area contributed by atoms with Crippen LogP contribution in [-0.2, 0) is 9.59 Å². The maximum absolute atomic E-state index is 12.6. The number of nitrogens with zero attached hydrogens (tertiary/aromatic N) is 1. The zero-order valence-corrected chi connectivity index (χ0v) is 15.8. The summed E-state index contributed by atoms with van der Waals surface area (Å²) in [4.78, 5) is 26.6. The Hall–Kier alpha value is -2.28. The summed E-state index contributed by atoms with van der Waals surface area (Å²) >= 11 is 0. The molecule has 7 nitrogen and oxygen atoms in total. The first-order valence-electron chi connectivity index (χ1n) is 8.88. The fourth-order valence-corrected chi connectivity index (χ4v) is 3.08. The quantitative estimate of drug-likeness (QED) is 0.731. The minimum atomic E-state index is -0.451. The number of hydrogen-bond donors (Lipinski definition) is 2. The summed E-state index contributed by atoms with van der Waals surface area (Å²) in [6.45, 7) is 4.16. The highest BCUT2D eigenvalue weighted by atomic mass is 16.5. The third-order valence-corrected chi connectivity index (χ3v) is 5.03. The zero-order valence-electron chi connectivity index (χ0n) is 15.8. The van der Waals surface area contributed by atoms with Crippen molar-refractivity contribution in [1.29, 1.82) is 0 Å². The van der Waals surface area contributed by atoms with Crippen LogP contribution in [0.15, 0.2) is 18.2 Å². The second kappa shape index (κ2) is 8.89. The molecule has 1 aliphatic heterocycles. The number of aliphatic hydroxyl groups excluding tert-OH is 1. The van der Waals surface area contributed by atoms with Crippen LogP contribution in [0, 0.1) is 11.8 Å². The predicted octanol–water partition coefficient (Wildman–Crippen LogP) is 1.58. The van der Waals surface area contributed by atoms with Crippen molar-refractivity contribution in [3.8, 4) is 11.5 Å². The first-order valence-corrected chi connectivity index (χ1v) is 8.88. The Morgan fingerprint density at radius 3 is 2.69 bits per heavy atom. The lowest BCUT2D eigenvalue weighted by Crippen LogP contribution is -2.45. The van der Waals surface area contributed by atoms with Gasteiger partial charge >= 0.3 is 0 Å². The van der Waals surface area contributed by atoms with Gasteiger partial charge in [0.05, 0.1) is 38.5 Å². The monoisotopic (exact) mass is 364 g/mol. The van der Waals surface area contributed by atoms with Crippen LogP contribution in [-0.4, -0.2) is 50.3 Å². The van der Waals surface area contributed by atoms with Gasteiger partial charge in [0.15, 0.2) is 0 Å². The summed E-state index contributed by atoms with van der Waals surface area (Å²) in [6, 6.07) is 4.92. The molecule has 2 amide bonds. The number of amides is 2. The molecule has 1 heterocycles. The van der Waals surface area contributed by atoms with Crippen LogP contribution < -0.4 is 19.7 Å². The standard InChI is InChI=1S/C19H28N2O5/c1-5-12(2)15(11-22)20-19(24)13-8-18(23)21(10-13)16-7-6-14(25-3)9-17(16)26-4/h6-7,9,12-13,15,22H,5,8,10-11H2,1-4H3,(H,20,24)/t12-,13-,15-/m0/s1. The Morgan fingerprint density at radius 2 is 2.12 bits per heavy atom. The van der Waals surface area contributed by atoms with E-state index in [4.69, 9.17) is 9.47 Å². The van der Waals surface area contributed by atoms with E-state index in [0.29, 0.717) is 17.2 Å². The average molecular weight is 364 g/mol. The molecule has 0 radical (unpaired) electrons. The molecular formula is C19H28N2O5. The maximum Gasteiger partial charge on any atom is 0.227 e. The Morgan fingerprint density at radius 1 is 1.38 bits per heavy atom. The van der Waals surface area contributed by atoms with Gasteiger partial charge in [-0.25, -0.2) is 0 Å². The molecule has 0 aromatic heterocycles. The molecule has 0 saturated carbocycles. The number of rotatable bonds is 8. The summed E-state index contributed by atoms with van der Waals surface area (Å²) in [5.41, 5.74) is 0.620. The Kier molecular flexibility index (Phi) is 6.85. The number of benzene rings is 1. The lowest BCUT2D eigenvalue weighted by molar-refractivity contribution is -0.127. The van der Waals surface area contributed by atoms with Gasteiger partial charge in [0.2, 0.25) is 11.8 Å². The van der Waals surface area contributed by atoms with Crippen molar-refractivity contribution in [2.45, 2.75) is 32.7 Å². The first-order chi connectivity index (χ1) is 12.4. The van der Waals surface area contributed by atoms with Crippen LogP contribution in [0.3, 0.4) is 0 Å². The number of nitrogens with one attached hydrogen (secondary N) is 1. The molecule has 0 bridgehead atoms. The van der Waals surface area contributed by atoms with Gasteiger partial charge in [0, 0.05) is 19.0 Å². The van der Waals surface area contributed by atoms with Gasteiger partial charge < -0.3 is 24.8 Å². The number of carbonyl (C=O) groups is 2. The molecule has 7 heteroatoms. The van der Waals surface area contributed by atoms with Gasteiger partial charge in [-0.2, -0.15) is 0 Å². The molecule has 1 fully saturated rings. The largest absolute Gasteiger partial charge is 0.497 e. The van der Waals surface area contributed by atoms with Gasteiger partial charge in [-0.15, -0.1) is 0 Å². The summed E-state index contributed by atoms with van der Waals surface area (Å²) in [6.07, 6.45) is 0.990. The number of anilines is 1. The van der Waals surface area contributed by atoms with E-state index in [0.717, 1.165) is 6.42 Å². The summed E-state index contributed by atoms with van der Waals surface area (Å²) in [7, 11) is 3.09. The highest BCUT2D eigenvalue weighted by Crippen LogP contribution is 2.35. The Balaban J connectivity index is 2.12. The molecule has 3 atom stereocenters. The van der Waals surface area contributed by atoms with E-state index in [2.05, 4.69) is 5.32 Å². The molecule has 1 aromatic carbocycles. The topological polar surface area (TPSA) is 88.1 Å². The highest BCUT2D eigenvalue weighted by molar-refractivity contribution is 6.01. The summed E-state index contributed by atoms with van der Waals surface area (Å²) in [5.74, 6) is 0.536. The second-order valence-electron chi connectivity index (χ2n) is 6.63. The molecule has 0 spiro atoms. The van der Waals surface area contributed by atoms with Crippen LogP contribution in [0.25, 0.3) is 0 Å². The van der Waals surface area contributed by atoms with Crippen LogP contribution in [0.5, 0.6) is 11.5 Å². The lowest BCUT2D eigenvalue weighted by Gasteiger charge is -2.24. The smallest absolute Gasteiger partial charge is 0.227 e. The molecular weight excluding hydrogens is 336 g/mol. The highest BCUT2D eigenvalue weighted by Gasteiger charge is 2.37. The first kappa shape index (κ1) is 20.0. The predicted molar refractivity (Wildman–Crippen MR) is 98.5 cm³/mol. The molecule has 1 saturated heterocycles. The Labute approximate surface area is 154 Å². The van der Waals surface area contributed by atoms with E-state index >= 15 is 0 Å². The number of hydrogen-bond acceptors (Lipinski definition) is 5. The van der Waals surface area contributed by atoms with E-state index in [-0.39, 0.29) is 43.3 Å². The molecule has 144 valence electrons. The van der Waals surface area contributed by atoms with Crippen LogP contribution in [0.4, 0.5) is 5.69 Å². The van der Waals surface area contributed by atoms with Gasteiger partial charge in [0.1, 0.15) is 11.5 Å². The zero-order chi connectivity index (χ0) is 19.3. The van der Waals surface area contributed by atoms with Gasteiger partial charge in [0.25, 0.3) is 0 Å². The third kappa shape index (κ3) is 4.27. The van der Waals surface area contributed by atoms with Crippen LogP contribution in [0.1, 0.15) is 26.7 Å². The van der Waals surface area contributed by atoms with Crippen molar-refractivity contribution in [3.63, 3.8) is 0 Å². The number of aliphatic hydroxyl groups is 1. The van der Waals surface area contributed by atoms with E-state index in [9.17, 15) is 14.7 Å². The van der Waals surface area contributed by atoms with Gasteiger partial charge in [-0.3, -0.25) is 9.59 Å².